The van der Waals surface area contributed by atoms with Crippen molar-refractivity contribution in [2.75, 3.05) is 0 Å². The summed E-state index contributed by atoms with van der Waals surface area (Å²) in [6.45, 7) is 22.2. The molecule has 10 aromatic carbocycles. The van der Waals surface area contributed by atoms with Crippen LogP contribution in [0.1, 0.15) is 224 Å². The first kappa shape index (κ1) is 87.7. The molecule has 0 spiro atoms. The van der Waals surface area contributed by atoms with Gasteiger partial charge < -0.3 is 0 Å². The summed E-state index contributed by atoms with van der Waals surface area (Å²) in [6, 6.07) is 90.7. The third kappa shape index (κ3) is 19.8. The quantitative estimate of drug-likeness (QED) is 0.0967. The average Bonchev–Trinajstić information content (AvgIpc) is 1.64. The van der Waals surface area contributed by atoms with Crippen molar-refractivity contribution in [2.45, 2.75) is 236 Å². The van der Waals surface area contributed by atoms with Gasteiger partial charge in [0.05, 0.1) is 0 Å². The van der Waals surface area contributed by atoms with Crippen molar-refractivity contribution in [3.63, 3.8) is 0 Å². The van der Waals surface area contributed by atoms with Crippen LogP contribution in [0.3, 0.4) is 0 Å². The number of pyridine rings is 5. The van der Waals surface area contributed by atoms with E-state index in [1.807, 2.05) is 0 Å². The van der Waals surface area contributed by atoms with Crippen molar-refractivity contribution in [1.82, 2.24) is 0 Å². The fourth-order valence-electron chi connectivity index (χ4n) is 22.5. The van der Waals surface area contributed by atoms with Crippen LogP contribution in [0.2, 0.25) is 0 Å². The maximum absolute atomic E-state index is 2.47. The fourth-order valence-corrected chi connectivity index (χ4v) is 22.5. The van der Waals surface area contributed by atoms with Crippen molar-refractivity contribution in [3.8, 4) is 56.3 Å². The van der Waals surface area contributed by atoms with Crippen molar-refractivity contribution < 1.29 is 22.8 Å². The Hall–Kier alpha value is -10.8. The number of fused-ring (bicyclic) bond motifs is 5. The van der Waals surface area contributed by atoms with Gasteiger partial charge in [-0.3, -0.25) is 0 Å². The largest absolute Gasteiger partial charge is 0.213 e. The smallest absolute Gasteiger partial charge is 0.194 e. The molecule has 0 amide bonds. The van der Waals surface area contributed by atoms with Gasteiger partial charge in [0.2, 0.25) is 56.1 Å². The molecule has 0 N–H and O–H groups in total. The van der Waals surface area contributed by atoms with Crippen LogP contribution in [0.4, 0.5) is 0 Å². The topological polar surface area (TPSA) is 19.4 Å². The molecular formula is C120H140N5+5. The molecule has 0 atom stereocenters. The van der Waals surface area contributed by atoms with Crippen LogP contribution < -0.4 is 22.8 Å². The predicted molar refractivity (Wildman–Crippen MR) is 529 cm³/mol. The molecule has 5 nitrogen and oxygen atoms in total. The summed E-state index contributed by atoms with van der Waals surface area (Å²) in [5.41, 5.74) is 41.3. The van der Waals surface area contributed by atoms with Gasteiger partial charge in [-0.25, -0.2) is 0 Å². The first-order valence-corrected chi connectivity index (χ1v) is 48.1. The van der Waals surface area contributed by atoms with Crippen molar-refractivity contribution in [3.05, 3.63) is 326 Å². The van der Waals surface area contributed by atoms with Gasteiger partial charge in [0.25, 0.3) is 0 Å². The Morgan fingerprint density at radius 1 is 0.224 bits per heavy atom. The Morgan fingerprint density at radius 2 is 0.560 bits per heavy atom. The average molecular weight is 1650 g/mol. The molecule has 640 valence electrons. The fraction of sp³-hybridized carbons (Fsp3) is 0.375. The van der Waals surface area contributed by atoms with Gasteiger partial charge in [-0.05, 0) is 271 Å². The zero-order valence-corrected chi connectivity index (χ0v) is 78.4. The normalized spacial score (nSPS) is 15.3. The summed E-state index contributed by atoms with van der Waals surface area (Å²) >= 11 is 0. The number of aromatic nitrogens is 5. The lowest BCUT2D eigenvalue weighted by Gasteiger charge is -2.21. The molecule has 5 fully saturated rings. The SMILES string of the molecule is Cc1cc(C)c(C)c(-c2cc(CC3CCCC3)c3ccccc3[n+]2C)c1.Cc1cc(C)c(C)c(-c2ccc3ccc(C4CCCCC4)cc3[n+]2C)c1.Cc1ccc(C)c(-c2cc(CC3CCCC3)c3ccccc3[n+]2C)c1.Cc1ccccc1-c1cc(CC2CCCC2)c2ccccc2[n+]1C.Cc1ccccc1-c1ccc2c(CC3CCCC3)cccc2[n+]1C. The molecule has 125 heavy (non-hydrogen) atoms. The summed E-state index contributed by atoms with van der Waals surface area (Å²) in [7, 11) is 11.0. The molecule has 20 rings (SSSR count). The third-order valence-corrected chi connectivity index (χ3v) is 30.0. The van der Waals surface area contributed by atoms with E-state index in [4.69, 9.17) is 0 Å². The Balaban J connectivity index is 0.000000115. The molecule has 5 heterocycles. The molecule has 0 unspecified atom stereocenters. The maximum Gasteiger partial charge on any atom is 0.213 e. The number of para-hydroxylation sites is 3. The lowest BCUT2D eigenvalue weighted by molar-refractivity contribution is -0.633. The van der Waals surface area contributed by atoms with E-state index in [9.17, 15) is 0 Å². The highest BCUT2D eigenvalue weighted by atomic mass is 15.0. The lowest BCUT2D eigenvalue weighted by atomic mass is 9.84. The number of hydrogen-bond acceptors (Lipinski definition) is 0. The van der Waals surface area contributed by atoms with Crippen LogP contribution in [0.15, 0.2) is 243 Å². The Bertz CT molecular complexity index is 6360. The second-order valence-corrected chi connectivity index (χ2v) is 38.8. The van der Waals surface area contributed by atoms with Crippen molar-refractivity contribution in [2.24, 2.45) is 58.9 Å². The minimum atomic E-state index is 0.750. The van der Waals surface area contributed by atoms with E-state index < -0.39 is 0 Å². The molecule has 5 saturated carbocycles. The molecule has 0 saturated heterocycles. The minimum Gasteiger partial charge on any atom is -0.194 e. The first-order valence-electron chi connectivity index (χ1n) is 48.1. The zero-order chi connectivity index (χ0) is 86.9. The summed E-state index contributed by atoms with van der Waals surface area (Å²) in [5, 5.41) is 7.02. The summed E-state index contributed by atoms with van der Waals surface area (Å²) in [4.78, 5) is 0. The molecule has 15 aromatic rings. The predicted octanol–water partition coefficient (Wildman–Crippen LogP) is 28.7. The summed E-state index contributed by atoms with van der Waals surface area (Å²) in [6.07, 6.45) is 34.3. The molecule has 0 aliphatic heterocycles. The Morgan fingerprint density at radius 3 is 1.03 bits per heavy atom. The van der Waals surface area contributed by atoms with E-state index in [1.54, 1.807) is 0 Å². The van der Waals surface area contributed by atoms with Crippen molar-refractivity contribution in [1.29, 1.82) is 0 Å². The first-order chi connectivity index (χ1) is 60.7. The molecule has 5 aromatic heterocycles. The second kappa shape index (κ2) is 39.8. The zero-order valence-electron chi connectivity index (χ0n) is 78.4. The number of rotatable bonds is 14. The van der Waals surface area contributed by atoms with Gasteiger partial charge in [-0.2, -0.15) is 22.8 Å². The van der Waals surface area contributed by atoms with E-state index in [1.165, 1.54) is 355 Å². The lowest BCUT2D eigenvalue weighted by Crippen LogP contribution is -2.33. The van der Waals surface area contributed by atoms with E-state index in [0.717, 1.165) is 29.6 Å². The molecule has 0 bridgehead atoms. The van der Waals surface area contributed by atoms with Crippen LogP contribution >= 0.6 is 0 Å². The van der Waals surface area contributed by atoms with Gasteiger partial charge in [0, 0.05) is 115 Å². The maximum atomic E-state index is 2.47. The summed E-state index contributed by atoms with van der Waals surface area (Å²) in [5.74, 6) is 4.23. The van der Waals surface area contributed by atoms with E-state index in [0.29, 0.717) is 0 Å². The van der Waals surface area contributed by atoms with Crippen LogP contribution in [-0.4, -0.2) is 0 Å². The monoisotopic (exact) mass is 1650 g/mol. The third-order valence-electron chi connectivity index (χ3n) is 30.0. The van der Waals surface area contributed by atoms with Gasteiger partial charge in [-0.15, -0.1) is 0 Å². The second-order valence-electron chi connectivity index (χ2n) is 38.8. The van der Waals surface area contributed by atoms with Crippen LogP contribution in [0.25, 0.3) is 111 Å². The number of hydrogen-bond donors (Lipinski definition) is 0. The van der Waals surface area contributed by atoms with E-state index >= 15 is 0 Å². The number of aryl methyl sites for hydroxylation is 13. The highest BCUT2D eigenvalue weighted by Gasteiger charge is 2.30. The Labute approximate surface area is 749 Å². The van der Waals surface area contributed by atoms with Crippen molar-refractivity contribution >= 4 is 54.5 Å². The van der Waals surface area contributed by atoms with Gasteiger partial charge in [0.15, 0.2) is 0 Å². The molecule has 0 radical (unpaired) electrons. The molecule has 5 aliphatic rings. The highest BCUT2D eigenvalue weighted by molar-refractivity contribution is 5.86. The van der Waals surface area contributed by atoms with Crippen LogP contribution in [0.5, 0.6) is 0 Å². The molecule has 5 aliphatic carbocycles. The number of nitrogens with zero attached hydrogens (tertiary/aromatic N) is 5. The molecule has 5 heteroatoms. The molecular weight excluding hydrogens is 1510 g/mol. The van der Waals surface area contributed by atoms with Crippen LogP contribution in [-0.2, 0) is 60.9 Å². The van der Waals surface area contributed by atoms with E-state index in [2.05, 4.69) is 370 Å². The standard InChI is InChI=1S/2C25H30N.C24H28N.2C23H26N/c1-17-13-18(2)19(3)23(14-17)25-16-21(15-20-9-5-6-10-20)22-11-7-8-12-24(22)26(25)4;1-17-14-18(2)19(3)23(15-17)24-13-12-21-10-11-22(16-25(21)26(24)4)20-8-6-5-7-9-20;1-17-12-13-18(2)22(14-17)24-16-20(15-19-8-4-5-9-19)21-10-6-7-11-23(21)25(24)3;1-17-9-3-6-12-20(17)23-16-19(15-18-10-4-5-11-18)21-13-7-8-14-22(21)24(23)2;1-17-8-3-6-12-20(17)23-15-14-21-19(16-18-9-4-5-10-18)11-7-13-22(21)24(23)2/h7-8,11-14,16,20H,5-6,9-10,15H2,1-4H3;10-16,20H,5-9H2,1-4H3;6-7,10-14,16,19H,4-5,8-9,15H2,1-3H3;3,6-9,12-14,16,18H,4-5,10-11,15H2,1-2H3;3,6-8,11-15,18H,4-5,9-10,16H2,1-2H3/q5*+1. The van der Waals surface area contributed by atoms with Gasteiger partial charge in [-0.1, -0.05) is 254 Å². The van der Waals surface area contributed by atoms with E-state index in [-0.39, 0.29) is 0 Å². The highest BCUT2D eigenvalue weighted by Crippen LogP contribution is 2.40. The van der Waals surface area contributed by atoms with Gasteiger partial charge >= 0.3 is 0 Å². The van der Waals surface area contributed by atoms with Gasteiger partial charge in [0.1, 0.15) is 35.2 Å². The number of benzene rings is 10. The summed E-state index contributed by atoms with van der Waals surface area (Å²) < 4.78 is 11.9. The Kier molecular flexibility index (Phi) is 28.0. The van der Waals surface area contributed by atoms with Crippen LogP contribution in [0, 0.1) is 92.9 Å². The minimum absolute atomic E-state index is 0.750.